The third kappa shape index (κ3) is 3.96. The highest BCUT2D eigenvalue weighted by Crippen LogP contribution is 2.24. The summed E-state index contributed by atoms with van der Waals surface area (Å²) in [4.78, 5) is 16.5. The van der Waals surface area contributed by atoms with Crippen LogP contribution in [0, 0.1) is 5.92 Å². The molecule has 1 fully saturated rings. The van der Waals surface area contributed by atoms with Crippen molar-refractivity contribution in [1.82, 2.24) is 14.8 Å². The van der Waals surface area contributed by atoms with Crippen molar-refractivity contribution in [1.29, 1.82) is 0 Å². The molecule has 1 aliphatic rings. The predicted molar refractivity (Wildman–Crippen MR) is 87.0 cm³/mol. The van der Waals surface area contributed by atoms with Gasteiger partial charge in [-0.1, -0.05) is 6.92 Å². The summed E-state index contributed by atoms with van der Waals surface area (Å²) in [6.45, 7) is 3.46. The second kappa shape index (κ2) is 7.37. The summed E-state index contributed by atoms with van der Waals surface area (Å²) in [6, 6.07) is 5.72. The van der Waals surface area contributed by atoms with Gasteiger partial charge in [0.2, 0.25) is 5.91 Å². The SMILES string of the molecule is CC[C@H]1OCCC[C@H]1C(=O)Nc1ccn(Cc2ccncc2)n1. The van der Waals surface area contributed by atoms with Crippen LogP contribution in [0.4, 0.5) is 5.82 Å². The molecule has 0 bridgehead atoms. The highest BCUT2D eigenvalue weighted by molar-refractivity contribution is 5.92. The number of anilines is 1. The van der Waals surface area contributed by atoms with Crippen LogP contribution in [0.25, 0.3) is 0 Å². The third-order valence-corrected chi connectivity index (χ3v) is 4.17. The van der Waals surface area contributed by atoms with Crippen molar-refractivity contribution in [3.05, 3.63) is 42.4 Å². The van der Waals surface area contributed by atoms with Gasteiger partial charge in [0.25, 0.3) is 0 Å². The Hall–Kier alpha value is -2.21. The summed E-state index contributed by atoms with van der Waals surface area (Å²) >= 11 is 0. The molecule has 122 valence electrons. The molecule has 0 aromatic carbocycles. The zero-order valence-corrected chi connectivity index (χ0v) is 13.3. The average Bonchev–Trinajstić information content (AvgIpc) is 3.02. The Morgan fingerprint density at radius 1 is 1.39 bits per heavy atom. The van der Waals surface area contributed by atoms with Crippen molar-refractivity contribution in [2.24, 2.45) is 5.92 Å². The molecule has 3 heterocycles. The van der Waals surface area contributed by atoms with E-state index in [2.05, 4.69) is 22.3 Å². The molecule has 6 nitrogen and oxygen atoms in total. The van der Waals surface area contributed by atoms with Gasteiger partial charge in [-0.15, -0.1) is 0 Å². The van der Waals surface area contributed by atoms with E-state index in [0.29, 0.717) is 12.4 Å². The summed E-state index contributed by atoms with van der Waals surface area (Å²) in [5, 5.41) is 7.33. The lowest BCUT2D eigenvalue weighted by Gasteiger charge is -2.29. The van der Waals surface area contributed by atoms with Crippen molar-refractivity contribution >= 4 is 11.7 Å². The zero-order chi connectivity index (χ0) is 16.1. The molecular weight excluding hydrogens is 292 g/mol. The topological polar surface area (TPSA) is 69.0 Å². The van der Waals surface area contributed by atoms with Gasteiger partial charge in [0.1, 0.15) is 0 Å². The number of nitrogens with one attached hydrogen (secondary N) is 1. The van der Waals surface area contributed by atoms with Crippen LogP contribution in [-0.2, 0) is 16.1 Å². The number of hydrogen-bond donors (Lipinski definition) is 1. The molecule has 2 aromatic rings. The highest BCUT2D eigenvalue weighted by Gasteiger charge is 2.30. The Kier molecular flexibility index (Phi) is 5.02. The fourth-order valence-corrected chi connectivity index (χ4v) is 2.95. The Balaban J connectivity index is 1.61. The van der Waals surface area contributed by atoms with E-state index < -0.39 is 0 Å². The molecule has 23 heavy (non-hydrogen) atoms. The van der Waals surface area contributed by atoms with E-state index in [1.807, 2.05) is 24.4 Å². The first-order chi connectivity index (χ1) is 11.3. The minimum absolute atomic E-state index is 0.00529. The molecular formula is C17H22N4O2. The molecule has 0 spiro atoms. The summed E-state index contributed by atoms with van der Waals surface area (Å²) < 4.78 is 7.50. The molecule has 1 amide bonds. The van der Waals surface area contributed by atoms with Gasteiger partial charge in [-0.3, -0.25) is 14.5 Å². The highest BCUT2D eigenvalue weighted by atomic mass is 16.5. The van der Waals surface area contributed by atoms with Crippen molar-refractivity contribution in [3.63, 3.8) is 0 Å². The zero-order valence-electron chi connectivity index (χ0n) is 13.3. The number of amides is 1. The maximum absolute atomic E-state index is 12.5. The number of carbonyl (C=O) groups is 1. The Bertz CT molecular complexity index is 641. The second-order valence-electron chi connectivity index (χ2n) is 5.81. The van der Waals surface area contributed by atoms with E-state index in [-0.39, 0.29) is 17.9 Å². The quantitative estimate of drug-likeness (QED) is 0.920. The number of rotatable bonds is 5. The van der Waals surface area contributed by atoms with Crippen molar-refractivity contribution in [2.45, 2.75) is 38.8 Å². The first kappa shape index (κ1) is 15.7. The van der Waals surface area contributed by atoms with E-state index in [1.165, 1.54) is 0 Å². The molecule has 1 saturated heterocycles. The van der Waals surface area contributed by atoms with Crippen molar-refractivity contribution in [2.75, 3.05) is 11.9 Å². The standard InChI is InChI=1S/C17H22N4O2/c1-2-15-14(4-3-11-23-15)17(22)19-16-7-10-21(20-16)12-13-5-8-18-9-6-13/h5-10,14-15H,2-4,11-12H2,1H3,(H,19,20,22)/t14-,15-/m1/s1. The van der Waals surface area contributed by atoms with Gasteiger partial charge in [-0.05, 0) is 37.0 Å². The van der Waals surface area contributed by atoms with E-state index in [4.69, 9.17) is 4.74 Å². The first-order valence-electron chi connectivity index (χ1n) is 8.11. The summed E-state index contributed by atoms with van der Waals surface area (Å²) in [5.74, 6) is 0.509. The molecule has 0 aliphatic carbocycles. The lowest BCUT2D eigenvalue weighted by Crippen LogP contribution is -2.37. The Labute approximate surface area is 135 Å². The van der Waals surface area contributed by atoms with Gasteiger partial charge in [0.05, 0.1) is 18.6 Å². The van der Waals surface area contributed by atoms with Gasteiger partial charge in [0.15, 0.2) is 5.82 Å². The number of aromatic nitrogens is 3. The fraction of sp³-hybridized carbons (Fsp3) is 0.471. The maximum atomic E-state index is 12.5. The number of ether oxygens (including phenoxy) is 1. The smallest absolute Gasteiger partial charge is 0.231 e. The molecule has 0 saturated carbocycles. The molecule has 0 unspecified atom stereocenters. The Morgan fingerprint density at radius 2 is 2.22 bits per heavy atom. The van der Waals surface area contributed by atoms with Crippen LogP contribution in [0.2, 0.25) is 0 Å². The summed E-state index contributed by atoms with van der Waals surface area (Å²) in [5.41, 5.74) is 1.12. The molecule has 1 N–H and O–H groups in total. The van der Waals surface area contributed by atoms with Crippen molar-refractivity contribution in [3.8, 4) is 0 Å². The first-order valence-corrected chi connectivity index (χ1v) is 8.11. The molecule has 1 aliphatic heterocycles. The van der Waals surface area contributed by atoms with Crippen LogP contribution in [0.5, 0.6) is 0 Å². The van der Waals surface area contributed by atoms with Crippen LogP contribution in [-0.4, -0.2) is 33.4 Å². The predicted octanol–water partition coefficient (Wildman–Crippen LogP) is 2.47. The van der Waals surface area contributed by atoms with E-state index >= 15 is 0 Å². The van der Waals surface area contributed by atoms with Crippen LogP contribution >= 0.6 is 0 Å². The number of carbonyl (C=O) groups excluding carboxylic acids is 1. The number of pyridine rings is 1. The largest absolute Gasteiger partial charge is 0.377 e. The third-order valence-electron chi connectivity index (χ3n) is 4.17. The van der Waals surface area contributed by atoms with Crippen LogP contribution in [0.3, 0.4) is 0 Å². The fourth-order valence-electron chi connectivity index (χ4n) is 2.95. The van der Waals surface area contributed by atoms with E-state index in [1.54, 1.807) is 17.1 Å². The molecule has 3 rings (SSSR count). The van der Waals surface area contributed by atoms with Gasteiger partial charge in [-0.2, -0.15) is 5.10 Å². The van der Waals surface area contributed by atoms with E-state index in [0.717, 1.165) is 31.4 Å². The monoisotopic (exact) mass is 314 g/mol. The lowest BCUT2D eigenvalue weighted by molar-refractivity contribution is -0.129. The van der Waals surface area contributed by atoms with Crippen LogP contribution in [0.1, 0.15) is 31.7 Å². The minimum atomic E-state index is -0.0842. The molecule has 0 radical (unpaired) electrons. The summed E-state index contributed by atoms with van der Waals surface area (Å²) in [7, 11) is 0. The number of nitrogens with zero attached hydrogens (tertiary/aromatic N) is 3. The molecule has 6 heteroatoms. The van der Waals surface area contributed by atoms with Gasteiger partial charge in [0, 0.05) is 31.3 Å². The number of hydrogen-bond acceptors (Lipinski definition) is 4. The minimum Gasteiger partial charge on any atom is -0.377 e. The van der Waals surface area contributed by atoms with Gasteiger partial charge in [-0.25, -0.2) is 0 Å². The van der Waals surface area contributed by atoms with Crippen LogP contribution in [0.15, 0.2) is 36.8 Å². The Morgan fingerprint density at radius 3 is 3.00 bits per heavy atom. The lowest BCUT2D eigenvalue weighted by atomic mass is 9.92. The van der Waals surface area contributed by atoms with E-state index in [9.17, 15) is 4.79 Å². The second-order valence-corrected chi connectivity index (χ2v) is 5.81. The van der Waals surface area contributed by atoms with Crippen molar-refractivity contribution < 1.29 is 9.53 Å². The van der Waals surface area contributed by atoms with Crippen LogP contribution < -0.4 is 5.32 Å². The summed E-state index contributed by atoms with van der Waals surface area (Å²) in [6.07, 6.45) is 8.07. The van der Waals surface area contributed by atoms with Gasteiger partial charge < -0.3 is 10.1 Å². The average molecular weight is 314 g/mol. The molecule has 2 atom stereocenters. The normalized spacial score (nSPS) is 21.1. The van der Waals surface area contributed by atoms with Gasteiger partial charge >= 0.3 is 0 Å². The molecule has 2 aromatic heterocycles. The maximum Gasteiger partial charge on any atom is 0.231 e.